The number of aliphatic carboxylic acids is 1. The van der Waals surface area contributed by atoms with Gasteiger partial charge in [-0.1, -0.05) is 36.4 Å². The SMILES string of the molecule is CC(C)(C(=O)O)c1ccc(NC(=O)C(=O)NCC2CCc3ccccc32)cc1. The summed E-state index contributed by atoms with van der Waals surface area (Å²) in [6, 6.07) is 14.6. The highest BCUT2D eigenvalue weighted by Gasteiger charge is 2.29. The molecule has 0 aromatic heterocycles. The maximum atomic E-state index is 12.1. The number of carboxylic acids is 1. The lowest BCUT2D eigenvalue weighted by molar-refractivity contribution is -0.142. The van der Waals surface area contributed by atoms with Gasteiger partial charge < -0.3 is 15.7 Å². The highest BCUT2D eigenvalue weighted by Crippen LogP contribution is 2.32. The molecule has 2 aromatic rings. The van der Waals surface area contributed by atoms with Crippen molar-refractivity contribution in [2.45, 2.75) is 38.0 Å². The molecule has 0 fully saturated rings. The first-order chi connectivity index (χ1) is 13.3. The van der Waals surface area contributed by atoms with Crippen LogP contribution in [0, 0.1) is 0 Å². The van der Waals surface area contributed by atoms with Crippen molar-refractivity contribution in [3.63, 3.8) is 0 Å². The van der Waals surface area contributed by atoms with Crippen LogP contribution in [0.3, 0.4) is 0 Å². The Bertz CT molecular complexity index is 903. The number of hydrogen-bond acceptors (Lipinski definition) is 3. The third kappa shape index (κ3) is 4.06. The summed E-state index contributed by atoms with van der Waals surface area (Å²) in [5, 5.41) is 14.5. The van der Waals surface area contributed by atoms with Crippen LogP contribution in [0.25, 0.3) is 0 Å². The number of fused-ring (bicyclic) bond motifs is 1. The van der Waals surface area contributed by atoms with E-state index in [2.05, 4.69) is 22.8 Å². The molecule has 3 rings (SSSR count). The standard InChI is InChI=1S/C22H24N2O4/c1-22(2,21(27)28)16-9-11-17(12-10-16)24-20(26)19(25)23-13-15-8-7-14-5-3-4-6-18(14)15/h3-6,9-12,15H,7-8,13H2,1-2H3,(H,23,25)(H,24,26)(H,27,28). The van der Waals surface area contributed by atoms with Gasteiger partial charge in [0.15, 0.2) is 0 Å². The molecule has 28 heavy (non-hydrogen) atoms. The normalized spacial score (nSPS) is 15.6. The molecule has 6 nitrogen and oxygen atoms in total. The van der Waals surface area contributed by atoms with Crippen LogP contribution in [0.1, 0.15) is 42.9 Å². The summed E-state index contributed by atoms with van der Waals surface area (Å²) in [5.74, 6) is -2.13. The summed E-state index contributed by atoms with van der Waals surface area (Å²) >= 11 is 0. The second-order valence-electron chi connectivity index (χ2n) is 7.61. The number of rotatable bonds is 5. The highest BCUT2D eigenvalue weighted by molar-refractivity contribution is 6.39. The summed E-state index contributed by atoms with van der Waals surface area (Å²) in [7, 11) is 0. The average molecular weight is 380 g/mol. The number of carboxylic acid groups (broad SMARTS) is 1. The zero-order valence-electron chi connectivity index (χ0n) is 16.0. The maximum absolute atomic E-state index is 12.1. The van der Waals surface area contributed by atoms with E-state index in [0.717, 1.165) is 12.8 Å². The minimum Gasteiger partial charge on any atom is -0.481 e. The van der Waals surface area contributed by atoms with Crippen LogP contribution in [-0.4, -0.2) is 29.4 Å². The number of nitrogens with one attached hydrogen (secondary N) is 2. The van der Waals surface area contributed by atoms with Gasteiger partial charge in [0, 0.05) is 18.2 Å². The van der Waals surface area contributed by atoms with E-state index in [1.807, 2.05) is 12.1 Å². The fourth-order valence-corrected chi connectivity index (χ4v) is 3.44. The predicted octanol–water partition coefficient (Wildman–Crippen LogP) is 2.83. The molecule has 0 spiro atoms. The minimum absolute atomic E-state index is 0.227. The molecule has 0 radical (unpaired) electrons. The van der Waals surface area contributed by atoms with Crippen molar-refractivity contribution in [2.75, 3.05) is 11.9 Å². The van der Waals surface area contributed by atoms with Crippen LogP contribution in [0.4, 0.5) is 5.69 Å². The lowest BCUT2D eigenvalue weighted by Gasteiger charge is -2.19. The van der Waals surface area contributed by atoms with E-state index in [0.29, 0.717) is 17.8 Å². The number of carbonyl (C=O) groups is 3. The van der Waals surface area contributed by atoms with Gasteiger partial charge in [0.25, 0.3) is 0 Å². The van der Waals surface area contributed by atoms with Gasteiger partial charge in [-0.15, -0.1) is 0 Å². The predicted molar refractivity (Wildman–Crippen MR) is 106 cm³/mol. The number of anilines is 1. The van der Waals surface area contributed by atoms with Crippen molar-refractivity contribution in [1.82, 2.24) is 5.32 Å². The van der Waals surface area contributed by atoms with E-state index in [4.69, 9.17) is 0 Å². The van der Waals surface area contributed by atoms with Crippen molar-refractivity contribution in [3.05, 3.63) is 65.2 Å². The first-order valence-electron chi connectivity index (χ1n) is 9.30. The van der Waals surface area contributed by atoms with Gasteiger partial charge in [-0.3, -0.25) is 14.4 Å². The molecule has 0 aliphatic heterocycles. The van der Waals surface area contributed by atoms with E-state index in [1.165, 1.54) is 11.1 Å². The smallest absolute Gasteiger partial charge is 0.313 e. The van der Waals surface area contributed by atoms with Gasteiger partial charge in [-0.25, -0.2) is 0 Å². The van der Waals surface area contributed by atoms with Crippen LogP contribution in [0.15, 0.2) is 48.5 Å². The molecule has 2 amide bonds. The van der Waals surface area contributed by atoms with Crippen molar-refractivity contribution in [2.24, 2.45) is 0 Å². The van der Waals surface area contributed by atoms with Gasteiger partial charge in [0.2, 0.25) is 0 Å². The summed E-state index contributed by atoms with van der Waals surface area (Å²) in [6.45, 7) is 3.64. The van der Waals surface area contributed by atoms with Gasteiger partial charge in [0.1, 0.15) is 0 Å². The van der Waals surface area contributed by atoms with Crippen molar-refractivity contribution < 1.29 is 19.5 Å². The molecule has 0 bridgehead atoms. The lowest BCUT2D eigenvalue weighted by atomic mass is 9.85. The molecule has 146 valence electrons. The summed E-state index contributed by atoms with van der Waals surface area (Å²) in [6.07, 6.45) is 1.95. The lowest BCUT2D eigenvalue weighted by Crippen LogP contribution is -2.37. The van der Waals surface area contributed by atoms with Crippen LogP contribution in [0.2, 0.25) is 0 Å². The molecule has 0 heterocycles. The zero-order valence-corrected chi connectivity index (χ0v) is 16.0. The van der Waals surface area contributed by atoms with E-state index >= 15 is 0 Å². The van der Waals surface area contributed by atoms with E-state index in [1.54, 1.807) is 38.1 Å². The second kappa shape index (κ2) is 7.84. The van der Waals surface area contributed by atoms with Crippen LogP contribution in [-0.2, 0) is 26.2 Å². The molecule has 1 unspecified atom stereocenters. The fourth-order valence-electron chi connectivity index (χ4n) is 3.44. The summed E-state index contributed by atoms with van der Waals surface area (Å²) in [4.78, 5) is 35.6. The molecular formula is C22H24N2O4. The number of amides is 2. The summed E-state index contributed by atoms with van der Waals surface area (Å²) in [5.41, 5.74) is 2.56. The second-order valence-corrected chi connectivity index (χ2v) is 7.61. The molecule has 1 atom stereocenters. The molecular weight excluding hydrogens is 356 g/mol. The number of aryl methyl sites for hydroxylation is 1. The highest BCUT2D eigenvalue weighted by atomic mass is 16.4. The Morgan fingerprint density at radius 2 is 1.71 bits per heavy atom. The van der Waals surface area contributed by atoms with Crippen molar-refractivity contribution >= 4 is 23.5 Å². The Labute approximate surface area is 164 Å². The zero-order chi connectivity index (χ0) is 20.3. The van der Waals surface area contributed by atoms with Gasteiger partial charge >= 0.3 is 17.8 Å². The Hall–Kier alpha value is -3.15. The maximum Gasteiger partial charge on any atom is 0.313 e. The number of benzene rings is 2. The quantitative estimate of drug-likeness (QED) is 0.695. The Morgan fingerprint density at radius 3 is 2.39 bits per heavy atom. The number of hydrogen-bond donors (Lipinski definition) is 3. The van der Waals surface area contributed by atoms with E-state index in [-0.39, 0.29) is 5.92 Å². The summed E-state index contributed by atoms with van der Waals surface area (Å²) < 4.78 is 0. The Kier molecular flexibility index (Phi) is 5.49. The first kappa shape index (κ1) is 19.6. The Balaban J connectivity index is 1.55. The number of carbonyl (C=O) groups excluding carboxylic acids is 2. The van der Waals surface area contributed by atoms with Crippen LogP contribution in [0.5, 0.6) is 0 Å². The third-order valence-corrected chi connectivity index (χ3v) is 5.37. The van der Waals surface area contributed by atoms with Crippen molar-refractivity contribution in [3.8, 4) is 0 Å². The fraction of sp³-hybridized carbons (Fsp3) is 0.318. The topological polar surface area (TPSA) is 95.5 Å². The van der Waals surface area contributed by atoms with Crippen LogP contribution >= 0.6 is 0 Å². The molecule has 2 aromatic carbocycles. The van der Waals surface area contributed by atoms with Crippen molar-refractivity contribution in [1.29, 1.82) is 0 Å². The molecule has 0 saturated heterocycles. The Morgan fingerprint density at radius 1 is 1.04 bits per heavy atom. The van der Waals surface area contributed by atoms with E-state index in [9.17, 15) is 19.5 Å². The van der Waals surface area contributed by atoms with E-state index < -0.39 is 23.2 Å². The molecule has 6 heteroatoms. The average Bonchev–Trinajstić information content (AvgIpc) is 3.09. The molecule has 3 N–H and O–H groups in total. The third-order valence-electron chi connectivity index (χ3n) is 5.37. The van der Waals surface area contributed by atoms with Gasteiger partial charge in [-0.2, -0.15) is 0 Å². The monoisotopic (exact) mass is 380 g/mol. The minimum atomic E-state index is -1.03. The molecule has 1 aliphatic rings. The molecule has 1 aliphatic carbocycles. The first-order valence-corrected chi connectivity index (χ1v) is 9.30. The van der Waals surface area contributed by atoms with Crippen LogP contribution < -0.4 is 10.6 Å². The van der Waals surface area contributed by atoms with Gasteiger partial charge in [0.05, 0.1) is 5.41 Å². The largest absolute Gasteiger partial charge is 0.481 e. The molecule has 0 saturated carbocycles. The van der Waals surface area contributed by atoms with Gasteiger partial charge in [-0.05, 0) is 55.5 Å².